The molecular formula is C13H9F3N2O2. The lowest BCUT2D eigenvalue weighted by Gasteiger charge is -2.11. The first-order valence-corrected chi connectivity index (χ1v) is 5.41. The van der Waals surface area contributed by atoms with Gasteiger partial charge in [0.05, 0.1) is 5.56 Å². The number of rotatable bonds is 3. The van der Waals surface area contributed by atoms with Gasteiger partial charge in [0.1, 0.15) is 17.4 Å². The lowest BCUT2D eigenvalue weighted by Crippen LogP contribution is -2.14. The molecular weight excluding hydrogens is 273 g/mol. The first-order valence-electron chi connectivity index (χ1n) is 5.41. The molecule has 0 unspecified atom stereocenters. The summed E-state index contributed by atoms with van der Waals surface area (Å²) < 4.78 is 44.8. The Kier molecular flexibility index (Phi) is 3.79. The maximum Gasteiger partial charge on any atom is 0.173 e. The van der Waals surface area contributed by atoms with Crippen LogP contribution < -0.4 is 10.5 Å². The third-order valence-electron chi connectivity index (χ3n) is 2.44. The molecule has 7 heteroatoms. The fourth-order valence-electron chi connectivity index (χ4n) is 1.52. The Hall–Kier alpha value is -2.70. The highest BCUT2D eigenvalue weighted by Crippen LogP contribution is 2.28. The standard InChI is InChI=1S/C13H9F3N2O2/c14-7-2-4-11(9(5-7)13(17)18-19)20-12-6-8(15)1-3-10(12)16/h1-6,19H,(H2,17,18). The topological polar surface area (TPSA) is 67.8 Å². The van der Waals surface area contributed by atoms with Gasteiger partial charge in [-0.05, 0) is 30.3 Å². The predicted octanol–water partition coefficient (Wildman–Crippen LogP) is 2.99. The van der Waals surface area contributed by atoms with Crippen LogP contribution in [-0.2, 0) is 0 Å². The average molecular weight is 282 g/mol. The number of nitrogens with zero attached hydrogens (tertiary/aromatic N) is 1. The zero-order valence-corrected chi connectivity index (χ0v) is 9.98. The zero-order valence-electron chi connectivity index (χ0n) is 9.98. The van der Waals surface area contributed by atoms with E-state index >= 15 is 0 Å². The second kappa shape index (κ2) is 5.52. The maximum absolute atomic E-state index is 13.5. The fraction of sp³-hybridized carbons (Fsp3) is 0. The molecule has 0 fully saturated rings. The first kappa shape index (κ1) is 13.7. The highest BCUT2D eigenvalue weighted by molar-refractivity contribution is 5.99. The zero-order chi connectivity index (χ0) is 14.7. The van der Waals surface area contributed by atoms with Crippen molar-refractivity contribution in [2.45, 2.75) is 0 Å². The van der Waals surface area contributed by atoms with E-state index in [-0.39, 0.29) is 11.3 Å². The number of ether oxygens (including phenoxy) is 1. The Morgan fingerprint density at radius 2 is 1.65 bits per heavy atom. The van der Waals surface area contributed by atoms with E-state index in [9.17, 15) is 13.2 Å². The SMILES string of the molecule is NC(=NO)c1cc(F)ccc1Oc1cc(F)ccc1F. The van der Waals surface area contributed by atoms with Gasteiger partial charge in [0.15, 0.2) is 17.4 Å². The molecule has 2 rings (SSSR count). The van der Waals surface area contributed by atoms with E-state index in [2.05, 4.69) is 5.16 Å². The molecule has 0 saturated heterocycles. The van der Waals surface area contributed by atoms with Crippen molar-refractivity contribution < 1.29 is 23.1 Å². The number of nitrogens with two attached hydrogens (primary N) is 1. The van der Waals surface area contributed by atoms with Crippen molar-refractivity contribution in [3.63, 3.8) is 0 Å². The van der Waals surface area contributed by atoms with Crippen LogP contribution in [0.1, 0.15) is 5.56 Å². The smallest absolute Gasteiger partial charge is 0.173 e. The van der Waals surface area contributed by atoms with E-state index in [4.69, 9.17) is 15.7 Å². The van der Waals surface area contributed by atoms with E-state index < -0.39 is 29.0 Å². The summed E-state index contributed by atoms with van der Waals surface area (Å²) in [6.07, 6.45) is 0. The minimum absolute atomic E-state index is 0.0776. The quantitative estimate of drug-likeness (QED) is 0.393. The first-order chi connectivity index (χ1) is 9.51. The van der Waals surface area contributed by atoms with E-state index in [1.54, 1.807) is 0 Å². The highest BCUT2D eigenvalue weighted by Gasteiger charge is 2.13. The molecule has 0 aliphatic carbocycles. The number of hydrogen-bond acceptors (Lipinski definition) is 3. The van der Waals surface area contributed by atoms with Gasteiger partial charge in [-0.2, -0.15) is 0 Å². The summed E-state index contributed by atoms with van der Waals surface area (Å²) in [7, 11) is 0. The molecule has 0 aliphatic heterocycles. The van der Waals surface area contributed by atoms with Gasteiger partial charge in [-0.1, -0.05) is 5.16 Å². The van der Waals surface area contributed by atoms with Crippen LogP contribution in [0.2, 0.25) is 0 Å². The summed E-state index contributed by atoms with van der Waals surface area (Å²) in [4.78, 5) is 0. The molecule has 3 N–H and O–H groups in total. The van der Waals surface area contributed by atoms with Gasteiger partial charge < -0.3 is 15.7 Å². The van der Waals surface area contributed by atoms with E-state index in [0.717, 1.165) is 36.4 Å². The third-order valence-corrected chi connectivity index (χ3v) is 2.44. The Labute approximate surface area is 111 Å². The van der Waals surface area contributed by atoms with Crippen LogP contribution in [-0.4, -0.2) is 11.0 Å². The number of halogens is 3. The van der Waals surface area contributed by atoms with Gasteiger partial charge >= 0.3 is 0 Å². The molecule has 0 saturated carbocycles. The highest BCUT2D eigenvalue weighted by atomic mass is 19.1. The van der Waals surface area contributed by atoms with Crippen LogP contribution in [0.15, 0.2) is 41.6 Å². The summed E-state index contributed by atoms with van der Waals surface area (Å²) in [6.45, 7) is 0. The van der Waals surface area contributed by atoms with Crippen molar-refractivity contribution in [1.29, 1.82) is 0 Å². The van der Waals surface area contributed by atoms with Crippen LogP contribution in [0, 0.1) is 17.5 Å². The molecule has 0 aliphatic rings. The molecule has 0 atom stereocenters. The minimum Gasteiger partial charge on any atom is -0.453 e. The van der Waals surface area contributed by atoms with Crippen molar-refractivity contribution in [3.05, 3.63) is 59.4 Å². The summed E-state index contributed by atoms with van der Waals surface area (Å²) in [6, 6.07) is 5.79. The third kappa shape index (κ3) is 2.82. The van der Waals surface area contributed by atoms with E-state index in [1.165, 1.54) is 0 Å². The average Bonchev–Trinajstić information content (AvgIpc) is 2.43. The monoisotopic (exact) mass is 282 g/mol. The Morgan fingerprint density at radius 1 is 1.00 bits per heavy atom. The Balaban J connectivity index is 2.46. The van der Waals surface area contributed by atoms with Crippen LogP contribution in [0.25, 0.3) is 0 Å². The van der Waals surface area contributed by atoms with Crippen LogP contribution in [0.3, 0.4) is 0 Å². The molecule has 4 nitrogen and oxygen atoms in total. The van der Waals surface area contributed by atoms with Crippen molar-refractivity contribution in [2.24, 2.45) is 10.9 Å². The van der Waals surface area contributed by atoms with Gasteiger partial charge in [0.25, 0.3) is 0 Å². The van der Waals surface area contributed by atoms with Crippen molar-refractivity contribution in [3.8, 4) is 11.5 Å². The van der Waals surface area contributed by atoms with Crippen LogP contribution >= 0.6 is 0 Å². The fourth-order valence-corrected chi connectivity index (χ4v) is 1.52. The van der Waals surface area contributed by atoms with Gasteiger partial charge in [-0.15, -0.1) is 0 Å². The molecule has 2 aromatic rings. The van der Waals surface area contributed by atoms with Crippen molar-refractivity contribution >= 4 is 5.84 Å². The number of benzene rings is 2. The Bertz CT molecular complexity index is 675. The Morgan fingerprint density at radius 3 is 2.35 bits per heavy atom. The molecule has 0 amide bonds. The summed E-state index contributed by atoms with van der Waals surface area (Å²) in [5.41, 5.74) is 5.28. The largest absolute Gasteiger partial charge is 0.453 e. The van der Waals surface area contributed by atoms with Crippen LogP contribution in [0.5, 0.6) is 11.5 Å². The molecule has 0 heterocycles. The molecule has 20 heavy (non-hydrogen) atoms. The number of oxime groups is 1. The summed E-state index contributed by atoms with van der Waals surface area (Å²) in [5.74, 6) is -3.06. The molecule has 0 spiro atoms. The summed E-state index contributed by atoms with van der Waals surface area (Å²) in [5, 5.41) is 11.3. The molecule has 0 bridgehead atoms. The molecule has 104 valence electrons. The van der Waals surface area contributed by atoms with Gasteiger partial charge in [0, 0.05) is 6.07 Å². The van der Waals surface area contributed by atoms with E-state index in [1.807, 2.05) is 0 Å². The predicted molar refractivity (Wildman–Crippen MR) is 65.3 cm³/mol. The minimum atomic E-state index is -0.804. The van der Waals surface area contributed by atoms with Gasteiger partial charge in [-0.3, -0.25) is 0 Å². The second-order valence-electron chi connectivity index (χ2n) is 3.80. The van der Waals surface area contributed by atoms with E-state index in [0.29, 0.717) is 0 Å². The number of amidine groups is 1. The molecule has 0 aromatic heterocycles. The van der Waals surface area contributed by atoms with Crippen molar-refractivity contribution in [2.75, 3.05) is 0 Å². The second-order valence-corrected chi connectivity index (χ2v) is 3.80. The normalized spacial score (nSPS) is 11.4. The van der Waals surface area contributed by atoms with Crippen LogP contribution in [0.4, 0.5) is 13.2 Å². The number of hydrogen-bond donors (Lipinski definition) is 2. The molecule has 2 aromatic carbocycles. The van der Waals surface area contributed by atoms with Gasteiger partial charge in [0.2, 0.25) is 0 Å². The maximum atomic E-state index is 13.5. The molecule has 0 radical (unpaired) electrons. The lowest BCUT2D eigenvalue weighted by atomic mass is 10.2. The lowest BCUT2D eigenvalue weighted by molar-refractivity contribution is 0.318. The van der Waals surface area contributed by atoms with Gasteiger partial charge in [-0.25, -0.2) is 13.2 Å². The summed E-state index contributed by atoms with van der Waals surface area (Å²) >= 11 is 0. The van der Waals surface area contributed by atoms with Crippen molar-refractivity contribution in [1.82, 2.24) is 0 Å².